The van der Waals surface area contributed by atoms with Gasteiger partial charge in [0, 0.05) is 19.3 Å². The Morgan fingerprint density at radius 3 is 2.86 bits per heavy atom. The molecular formula is C13H18ClN3O3S. The number of hydrogen-bond donors (Lipinski definition) is 0. The minimum absolute atomic E-state index is 0.0721. The fourth-order valence-electron chi connectivity index (χ4n) is 2.00. The molecular weight excluding hydrogens is 314 g/mol. The first-order valence-electron chi connectivity index (χ1n) is 6.63. The van der Waals surface area contributed by atoms with Crippen LogP contribution >= 0.6 is 11.6 Å². The molecule has 2 heterocycles. The van der Waals surface area contributed by atoms with Gasteiger partial charge in [-0.25, -0.2) is 14.8 Å². The van der Waals surface area contributed by atoms with Gasteiger partial charge in [-0.15, -0.1) is 0 Å². The molecule has 0 spiro atoms. The first-order valence-corrected chi connectivity index (χ1v) is 8.22. The number of carbonyl (C=O) groups excluding carboxylic acids is 1. The Morgan fingerprint density at radius 2 is 2.24 bits per heavy atom. The van der Waals surface area contributed by atoms with Gasteiger partial charge in [0.1, 0.15) is 10.6 Å². The molecule has 0 aromatic carbocycles. The predicted molar refractivity (Wildman–Crippen MR) is 79.7 cm³/mol. The molecule has 8 heteroatoms. The average molecular weight is 332 g/mol. The molecule has 0 saturated carbocycles. The highest BCUT2D eigenvalue weighted by atomic mass is 35.5. The second-order valence-corrected chi connectivity index (χ2v) is 7.82. The number of carbonyl (C=O) groups is 1. The van der Waals surface area contributed by atoms with Gasteiger partial charge in [0.15, 0.2) is 0 Å². The summed E-state index contributed by atoms with van der Waals surface area (Å²) >= 11 is 5.71. The lowest BCUT2D eigenvalue weighted by molar-refractivity contribution is 0.0295. The first kappa shape index (κ1) is 16.2. The summed E-state index contributed by atoms with van der Waals surface area (Å²) in [7, 11) is -1.31. The summed E-state index contributed by atoms with van der Waals surface area (Å²) in [5.74, 6) is 0. The molecule has 6 nitrogen and oxygen atoms in total. The third-order valence-corrected chi connectivity index (χ3v) is 4.72. The average Bonchev–Trinajstić information content (AvgIpc) is 2.85. The van der Waals surface area contributed by atoms with E-state index in [9.17, 15) is 9.00 Å². The predicted octanol–water partition coefficient (Wildman–Crippen LogP) is 2.25. The molecule has 116 valence electrons. The van der Waals surface area contributed by atoms with Crippen LogP contribution in [0.2, 0.25) is 5.28 Å². The summed E-state index contributed by atoms with van der Waals surface area (Å²) in [5, 5.41) is 0.303. The van der Waals surface area contributed by atoms with Crippen LogP contribution in [-0.4, -0.2) is 49.1 Å². The van der Waals surface area contributed by atoms with Crippen LogP contribution in [-0.2, 0) is 15.5 Å². The Labute approximate surface area is 131 Å². The van der Waals surface area contributed by atoms with Crippen LogP contribution in [0.1, 0.15) is 27.2 Å². The second kappa shape index (κ2) is 6.27. The van der Waals surface area contributed by atoms with Crippen molar-refractivity contribution in [3.63, 3.8) is 0 Å². The largest absolute Gasteiger partial charge is 0.444 e. The van der Waals surface area contributed by atoms with Gasteiger partial charge in [0.05, 0.1) is 16.0 Å². The molecule has 1 aromatic rings. The van der Waals surface area contributed by atoms with E-state index in [0.717, 1.165) is 0 Å². The smallest absolute Gasteiger partial charge is 0.410 e. The van der Waals surface area contributed by atoms with E-state index >= 15 is 0 Å². The van der Waals surface area contributed by atoms with E-state index in [1.54, 1.807) is 11.0 Å². The Balaban J connectivity index is 1.99. The van der Waals surface area contributed by atoms with Crippen molar-refractivity contribution in [2.45, 2.75) is 43.1 Å². The van der Waals surface area contributed by atoms with Crippen molar-refractivity contribution >= 4 is 28.5 Å². The highest BCUT2D eigenvalue weighted by Crippen LogP contribution is 2.21. The standard InChI is InChI=1S/C13H18ClN3O3S/c1-13(2,3)20-12(18)17-7-5-9(8-17)21(19)10-4-6-15-11(14)16-10/h4,6,9H,5,7-8H2,1-3H3/t9-,21?/m1/s1. The van der Waals surface area contributed by atoms with Crippen LogP contribution in [0.5, 0.6) is 0 Å². The minimum Gasteiger partial charge on any atom is -0.444 e. The number of nitrogens with zero attached hydrogens (tertiary/aromatic N) is 3. The summed E-state index contributed by atoms with van der Waals surface area (Å²) in [6.45, 7) is 6.38. The number of halogens is 1. The summed E-state index contributed by atoms with van der Waals surface area (Å²) in [6, 6.07) is 1.58. The van der Waals surface area contributed by atoms with Crippen LogP contribution in [0.4, 0.5) is 4.79 Å². The molecule has 1 aliphatic rings. The lowest BCUT2D eigenvalue weighted by Crippen LogP contribution is -2.36. The van der Waals surface area contributed by atoms with Crippen molar-refractivity contribution in [2.24, 2.45) is 0 Å². The van der Waals surface area contributed by atoms with Gasteiger partial charge in [-0.05, 0) is 44.9 Å². The topological polar surface area (TPSA) is 72.4 Å². The number of aromatic nitrogens is 2. The second-order valence-electron chi connectivity index (χ2n) is 5.80. The molecule has 1 fully saturated rings. The van der Waals surface area contributed by atoms with E-state index in [1.807, 2.05) is 20.8 Å². The first-order chi connectivity index (χ1) is 9.76. The molecule has 1 amide bonds. The third kappa shape index (κ3) is 4.38. The highest BCUT2D eigenvalue weighted by Gasteiger charge is 2.33. The molecule has 1 aromatic heterocycles. The van der Waals surface area contributed by atoms with Crippen LogP contribution in [0.15, 0.2) is 17.3 Å². The summed E-state index contributed by atoms with van der Waals surface area (Å²) in [6.07, 6.45) is 1.75. The Bertz CT molecular complexity index is 562. The highest BCUT2D eigenvalue weighted by molar-refractivity contribution is 7.85. The van der Waals surface area contributed by atoms with E-state index in [0.29, 0.717) is 24.5 Å². The van der Waals surface area contributed by atoms with Gasteiger partial charge in [-0.2, -0.15) is 0 Å². The van der Waals surface area contributed by atoms with Crippen molar-refractivity contribution in [2.75, 3.05) is 13.1 Å². The zero-order chi connectivity index (χ0) is 15.6. The van der Waals surface area contributed by atoms with Crippen LogP contribution < -0.4 is 0 Å². The van der Waals surface area contributed by atoms with Crippen molar-refractivity contribution in [1.29, 1.82) is 0 Å². The summed E-state index contributed by atoms with van der Waals surface area (Å²) < 4.78 is 17.8. The molecule has 0 N–H and O–H groups in total. The Hall–Kier alpha value is -1.21. The summed E-state index contributed by atoms with van der Waals surface area (Å²) in [4.78, 5) is 21.3. The normalized spacial score (nSPS) is 20.4. The van der Waals surface area contributed by atoms with Gasteiger partial charge in [-0.3, -0.25) is 4.21 Å². The number of hydrogen-bond acceptors (Lipinski definition) is 5. The number of likely N-dealkylation sites (tertiary alicyclic amines) is 1. The van der Waals surface area contributed by atoms with Crippen molar-refractivity contribution < 1.29 is 13.7 Å². The maximum Gasteiger partial charge on any atom is 0.410 e. The van der Waals surface area contributed by atoms with E-state index < -0.39 is 16.4 Å². The molecule has 1 unspecified atom stereocenters. The van der Waals surface area contributed by atoms with Gasteiger partial charge in [-0.1, -0.05) is 0 Å². The van der Waals surface area contributed by atoms with Crippen molar-refractivity contribution in [3.05, 3.63) is 17.5 Å². The zero-order valence-corrected chi connectivity index (χ0v) is 13.8. The molecule has 21 heavy (non-hydrogen) atoms. The van der Waals surface area contributed by atoms with Crippen LogP contribution in [0.3, 0.4) is 0 Å². The Kier molecular flexibility index (Phi) is 4.83. The van der Waals surface area contributed by atoms with Crippen LogP contribution in [0, 0.1) is 0 Å². The van der Waals surface area contributed by atoms with Gasteiger partial charge < -0.3 is 9.64 Å². The minimum atomic E-state index is -1.31. The van der Waals surface area contributed by atoms with Gasteiger partial charge in [0.2, 0.25) is 5.28 Å². The van der Waals surface area contributed by atoms with Gasteiger partial charge in [0.25, 0.3) is 0 Å². The third-order valence-electron chi connectivity index (χ3n) is 2.91. The van der Waals surface area contributed by atoms with Crippen molar-refractivity contribution in [1.82, 2.24) is 14.9 Å². The van der Waals surface area contributed by atoms with E-state index in [2.05, 4.69) is 9.97 Å². The SMILES string of the molecule is CC(C)(C)OC(=O)N1CC[C@@H](S(=O)c2ccnc(Cl)n2)C1. The van der Waals surface area contributed by atoms with E-state index in [1.165, 1.54) is 6.20 Å². The summed E-state index contributed by atoms with van der Waals surface area (Å²) in [5.41, 5.74) is -0.533. The molecule has 2 atom stereocenters. The number of ether oxygens (including phenoxy) is 1. The molecule has 1 saturated heterocycles. The fraction of sp³-hybridized carbons (Fsp3) is 0.615. The number of amides is 1. The molecule has 0 bridgehead atoms. The molecule has 2 rings (SSSR count). The Morgan fingerprint density at radius 1 is 1.52 bits per heavy atom. The van der Waals surface area contributed by atoms with Crippen LogP contribution in [0.25, 0.3) is 0 Å². The quantitative estimate of drug-likeness (QED) is 0.614. The molecule has 0 aliphatic carbocycles. The lowest BCUT2D eigenvalue weighted by atomic mass is 10.2. The van der Waals surface area contributed by atoms with Crippen molar-refractivity contribution in [3.8, 4) is 0 Å². The molecule has 0 radical (unpaired) electrons. The monoisotopic (exact) mass is 331 g/mol. The maximum absolute atomic E-state index is 12.4. The maximum atomic E-state index is 12.4. The fourth-order valence-corrected chi connectivity index (χ4v) is 3.54. The lowest BCUT2D eigenvalue weighted by Gasteiger charge is -2.24. The molecule has 1 aliphatic heterocycles. The zero-order valence-electron chi connectivity index (χ0n) is 12.2. The van der Waals surface area contributed by atoms with Gasteiger partial charge >= 0.3 is 6.09 Å². The number of rotatable bonds is 2. The van der Waals surface area contributed by atoms with E-state index in [-0.39, 0.29) is 16.6 Å². The van der Waals surface area contributed by atoms with E-state index in [4.69, 9.17) is 16.3 Å².